The van der Waals surface area contributed by atoms with E-state index in [1.165, 1.54) is 10.4 Å². The summed E-state index contributed by atoms with van der Waals surface area (Å²) in [6, 6.07) is 8.06. The van der Waals surface area contributed by atoms with Crippen LogP contribution in [0, 0.1) is 20.8 Å². The van der Waals surface area contributed by atoms with E-state index in [2.05, 4.69) is 19.9 Å². The molecule has 0 aliphatic carbocycles. The van der Waals surface area contributed by atoms with E-state index in [4.69, 9.17) is 10.5 Å². The van der Waals surface area contributed by atoms with Gasteiger partial charge in [-0.1, -0.05) is 12.1 Å². The van der Waals surface area contributed by atoms with Gasteiger partial charge in [0.1, 0.15) is 5.75 Å². The SMILES string of the molecule is COc1cc(C(CN)C(O)c2cc(C)c(C)s2)ccc1C. The molecular formula is C17H23NO2S. The molecule has 0 saturated heterocycles. The van der Waals surface area contributed by atoms with Gasteiger partial charge in [-0.05, 0) is 49.6 Å². The minimum atomic E-state index is -0.584. The van der Waals surface area contributed by atoms with Crippen LogP contribution in [-0.2, 0) is 0 Å². The molecule has 2 atom stereocenters. The Morgan fingerprint density at radius 2 is 1.90 bits per heavy atom. The second kappa shape index (κ2) is 6.60. The van der Waals surface area contributed by atoms with Gasteiger partial charge in [-0.15, -0.1) is 11.3 Å². The van der Waals surface area contributed by atoms with Crippen LogP contribution in [0.25, 0.3) is 0 Å². The van der Waals surface area contributed by atoms with Crippen molar-refractivity contribution < 1.29 is 9.84 Å². The highest BCUT2D eigenvalue weighted by Gasteiger charge is 2.24. The molecule has 0 aliphatic rings. The highest BCUT2D eigenvalue weighted by Crippen LogP contribution is 2.36. The Kier molecular flexibility index (Phi) is 5.04. The third kappa shape index (κ3) is 3.28. The number of hydrogen-bond donors (Lipinski definition) is 2. The van der Waals surface area contributed by atoms with Crippen LogP contribution < -0.4 is 10.5 Å². The van der Waals surface area contributed by atoms with Gasteiger partial charge in [-0.25, -0.2) is 0 Å². The lowest BCUT2D eigenvalue weighted by atomic mass is 9.91. The first-order valence-corrected chi connectivity index (χ1v) is 7.89. The number of benzene rings is 1. The van der Waals surface area contributed by atoms with E-state index >= 15 is 0 Å². The summed E-state index contributed by atoms with van der Waals surface area (Å²) in [7, 11) is 1.66. The highest BCUT2D eigenvalue weighted by molar-refractivity contribution is 7.12. The summed E-state index contributed by atoms with van der Waals surface area (Å²) < 4.78 is 5.37. The first-order valence-electron chi connectivity index (χ1n) is 7.07. The van der Waals surface area contributed by atoms with E-state index in [9.17, 15) is 5.11 Å². The Labute approximate surface area is 130 Å². The second-order valence-corrected chi connectivity index (χ2v) is 6.69. The highest BCUT2D eigenvalue weighted by atomic mass is 32.1. The number of hydrogen-bond acceptors (Lipinski definition) is 4. The quantitative estimate of drug-likeness (QED) is 0.889. The van der Waals surface area contributed by atoms with E-state index in [1.54, 1.807) is 18.4 Å². The molecule has 0 bridgehead atoms. The van der Waals surface area contributed by atoms with Crippen molar-refractivity contribution in [2.24, 2.45) is 5.73 Å². The topological polar surface area (TPSA) is 55.5 Å². The Hall–Kier alpha value is -1.36. The summed E-state index contributed by atoms with van der Waals surface area (Å²) in [5.41, 5.74) is 9.22. The molecule has 2 aromatic rings. The number of aliphatic hydroxyl groups excluding tert-OH is 1. The minimum Gasteiger partial charge on any atom is -0.496 e. The lowest BCUT2D eigenvalue weighted by Crippen LogP contribution is -2.19. The van der Waals surface area contributed by atoms with E-state index in [1.807, 2.05) is 25.1 Å². The van der Waals surface area contributed by atoms with Crippen molar-refractivity contribution in [1.29, 1.82) is 0 Å². The number of aryl methyl sites for hydroxylation is 3. The van der Waals surface area contributed by atoms with Crippen LogP contribution in [0.15, 0.2) is 24.3 Å². The lowest BCUT2D eigenvalue weighted by molar-refractivity contribution is 0.151. The molecule has 2 unspecified atom stereocenters. The summed E-state index contributed by atoms with van der Waals surface area (Å²) in [6.45, 7) is 6.53. The van der Waals surface area contributed by atoms with Crippen molar-refractivity contribution in [3.05, 3.63) is 50.7 Å². The van der Waals surface area contributed by atoms with Crippen LogP contribution in [0.1, 0.15) is 38.5 Å². The summed E-state index contributed by atoms with van der Waals surface area (Å²) in [6.07, 6.45) is -0.584. The third-order valence-corrected chi connectivity index (χ3v) is 5.20. The van der Waals surface area contributed by atoms with Gasteiger partial charge in [0.05, 0.1) is 13.2 Å². The lowest BCUT2D eigenvalue weighted by Gasteiger charge is -2.22. The minimum absolute atomic E-state index is 0.128. The molecule has 0 aliphatic heterocycles. The summed E-state index contributed by atoms with van der Waals surface area (Å²) >= 11 is 1.64. The Balaban J connectivity index is 2.34. The predicted molar refractivity (Wildman–Crippen MR) is 88.3 cm³/mol. The van der Waals surface area contributed by atoms with Gasteiger partial charge >= 0.3 is 0 Å². The molecule has 114 valence electrons. The van der Waals surface area contributed by atoms with Crippen molar-refractivity contribution in [2.75, 3.05) is 13.7 Å². The van der Waals surface area contributed by atoms with Crippen LogP contribution >= 0.6 is 11.3 Å². The molecule has 0 amide bonds. The van der Waals surface area contributed by atoms with Crippen LogP contribution in [0.4, 0.5) is 0 Å². The Morgan fingerprint density at radius 3 is 2.43 bits per heavy atom. The molecule has 3 N–H and O–H groups in total. The van der Waals surface area contributed by atoms with Crippen molar-refractivity contribution in [3.63, 3.8) is 0 Å². The van der Waals surface area contributed by atoms with E-state index in [-0.39, 0.29) is 5.92 Å². The van der Waals surface area contributed by atoms with Gasteiger partial charge in [0.15, 0.2) is 0 Å². The first-order chi connectivity index (χ1) is 9.97. The van der Waals surface area contributed by atoms with Gasteiger partial charge in [0.2, 0.25) is 0 Å². The third-order valence-electron chi connectivity index (χ3n) is 3.97. The van der Waals surface area contributed by atoms with Crippen molar-refractivity contribution in [2.45, 2.75) is 32.8 Å². The average molecular weight is 305 g/mol. The maximum absolute atomic E-state index is 10.7. The molecule has 1 aromatic carbocycles. The molecule has 0 saturated carbocycles. The van der Waals surface area contributed by atoms with Gasteiger partial charge < -0.3 is 15.6 Å². The monoisotopic (exact) mass is 305 g/mol. The number of rotatable bonds is 5. The Bertz CT molecular complexity index is 602. The summed E-state index contributed by atoms with van der Waals surface area (Å²) in [4.78, 5) is 2.21. The van der Waals surface area contributed by atoms with Gasteiger partial charge in [-0.3, -0.25) is 0 Å². The molecule has 0 radical (unpaired) electrons. The fourth-order valence-electron chi connectivity index (χ4n) is 2.46. The fraction of sp³-hybridized carbons (Fsp3) is 0.412. The molecule has 4 heteroatoms. The van der Waals surface area contributed by atoms with Crippen LogP contribution in [-0.4, -0.2) is 18.8 Å². The molecule has 3 nitrogen and oxygen atoms in total. The molecule has 1 aromatic heterocycles. The zero-order valence-corrected chi connectivity index (χ0v) is 13.8. The fourth-order valence-corrected chi connectivity index (χ4v) is 3.55. The molecule has 1 heterocycles. The first kappa shape index (κ1) is 16.0. The average Bonchev–Trinajstić information content (AvgIpc) is 2.81. The maximum atomic E-state index is 10.7. The zero-order valence-electron chi connectivity index (χ0n) is 13.0. The van der Waals surface area contributed by atoms with Crippen LogP contribution in [0.3, 0.4) is 0 Å². The molecule has 21 heavy (non-hydrogen) atoms. The number of methoxy groups -OCH3 is 1. The maximum Gasteiger partial charge on any atom is 0.122 e. The summed E-state index contributed by atoms with van der Waals surface area (Å²) in [5.74, 6) is 0.702. The van der Waals surface area contributed by atoms with E-state index < -0.39 is 6.10 Å². The van der Waals surface area contributed by atoms with Crippen molar-refractivity contribution >= 4 is 11.3 Å². The van der Waals surface area contributed by atoms with Crippen LogP contribution in [0.2, 0.25) is 0 Å². The summed E-state index contributed by atoms with van der Waals surface area (Å²) in [5, 5.41) is 10.7. The smallest absolute Gasteiger partial charge is 0.122 e. The normalized spacial score (nSPS) is 14.0. The van der Waals surface area contributed by atoms with Crippen molar-refractivity contribution in [3.8, 4) is 5.75 Å². The largest absolute Gasteiger partial charge is 0.496 e. The second-order valence-electron chi connectivity index (χ2n) is 5.40. The van der Waals surface area contributed by atoms with Crippen LogP contribution in [0.5, 0.6) is 5.75 Å². The van der Waals surface area contributed by atoms with Gasteiger partial charge in [0, 0.05) is 22.2 Å². The number of ether oxygens (including phenoxy) is 1. The number of thiophene rings is 1. The Morgan fingerprint density at radius 1 is 1.19 bits per heavy atom. The number of aliphatic hydroxyl groups is 1. The predicted octanol–water partition coefficient (Wildman–Crippen LogP) is 3.46. The molecule has 0 fully saturated rings. The van der Waals surface area contributed by atoms with Gasteiger partial charge in [-0.2, -0.15) is 0 Å². The standard InChI is InChI=1S/C17H23NO2S/c1-10-5-6-13(8-15(10)20-4)14(9-18)17(19)16-7-11(2)12(3)21-16/h5-8,14,17,19H,9,18H2,1-4H3. The van der Waals surface area contributed by atoms with E-state index in [0.717, 1.165) is 21.8 Å². The molecule has 0 spiro atoms. The molecule has 2 rings (SSSR count). The van der Waals surface area contributed by atoms with Gasteiger partial charge in [0.25, 0.3) is 0 Å². The molecular weight excluding hydrogens is 282 g/mol. The zero-order chi connectivity index (χ0) is 15.6. The van der Waals surface area contributed by atoms with E-state index in [0.29, 0.717) is 6.54 Å². The number of nitrogens with two attached hydrogens (primary N) is 1. The van der Waals surface area contributed by atoms with Crippen molar-refractivity contribution in [1.82, 2.24) is 0 Å².